The van der Waals surface area contributed by atoms with Crippen molar-refractivity contribution in [2.45, 2.75) is 33.2 Å². The van der Waals surface area contributed by atoms with Gasteiger partial charge >= 0.3 is 18.0 Å². The predicted octanol–water partition coefficient (Wildman–Crippen LogP) is 2.43. The van der Waals surface area contributed by atoms with Gasteiger partial charge in [-0.25, -0.2) is 9.59 Å². The van der Waals surface area contributed by atoms with Gasteiger partial charge < -0.3 is 14.6 Å². The number of carboxylic acids is 1. The Bertz CT molecular complexity index is 573. The Hall–Kier alpha value is -2.57. The molecule has 0 saturated carbocycles. The highest BCUT2D eigenvalue weighted by Crippen LogP contribution is 2.14. The van der Waals surface area contributed by atoms with Crippen LogP contribution in [0.5, 0.6) is 0 Å². The molecule has 0 unspecified atom stereocenters. The molecule has 0 fully saturated rings. The van der Waals surface area contributed by atoms with Crippen molar-refractivity contribution in [1.29, 1.82) is 0 Å². The van der Waals surface area contributed by atoms with Gasteiger partial charge in [-0.1, -0.05) is 17.7 Å². The Morgan fingerprint density at radius 3 is 2.13 bits per heavy atom. The van der Waals surface area contributed by atoms with Crippen LogP contribution in [0, 0.1) is 6.92 Å². The molecular weight excluding hydrogens is 302 g/mol. The van der Waals surface area contributed by atoms with Crippen molar-refractivity contribution in [2.75, 3.05) is 13.3 Å². The molecule has 1 N–H and O–H groups in total. The molecular formula is C16H21NO6. The fourth-order valence-electron chi connectivity index (χ4n) is 1.70. The molecule has 0 radical (unpaired) electrons. The number of aliphatic carboxylic acids is 1. The first kappa shape index (κ1) is 18.5. The molecule has 126 valence electrons. The number of rotatable bonds is 5. The molecule has 1 rings (SSSR count). The average molecular weight is 323 g/mol. The van der Waals surface area contributed by atoms with Crippen molar-refractivity contribution in [1.82, 2.24) is 4.90 Å². The van der Waals surface area contributed by atoms with E-state index in [1.807, 2.05) is 6.92 Å². The summed E-state index contributed by atoms with van der Waals surface area (Å²) in [7, 11) is 0. The Balaban J connectivity index is 2.55. The molecule has 0 heterocycles. The minimum Gasteiger partial charge on any atom is -0.480 e. The summed E-state index contributed by atoms with van der Waals surface area (Å²) in [5.41, 5.74) is 0.600. The number of amides is 1. The number of ether oxygens (including phenoxy) is 2. The lowest BCUT2D eigenvalue weighted by Crippen LogP contribution is -2.48. The number of nitrogens with zero attached hydrogens (tertiary/aromatic N) is 1. The van der Waals surface area contributed by atoms with Crippen molar-refractivity contribution >= 4 is 18.0 Å². The van der Waals surface area contributed by atoms with Crippen LogP contribution >= 0.6 is 0 Å². The summed E-state index contributed by atoms with van der Waals surface area (Å²) in [6.45, 7) is 5.83. The van der Waals surface area contributed by atoms with E-state index in [4.69, 9.17) is 14.6 Å². The van der Waals surface area contributed by atoms with Crippen LogP contribution < -0.4 is 0 Å². The van der Waals surface area contributed by atoms with Crippen molar-refractivity contribution in [3.8, 4) is 0 Å². The molecule has 7 heteroatoms. The number of carbonyl (C=O) groups is 3. The molecule has 7 nitrogen and oxygen atoms in total. The van der Waals surface area contributed by atoms with Gasteiger partial charge in [0.25, 0.3) is 0 Å². The van der Waals surface area contributed by atoms with Gasteiger partial charge in [-0.05, 0) is 39.8 Å². The summed E-state index contributed by atoms with van der Waals surface area (Å²) >= 11 is 0. The minimum absolute atomic E-state index is 0.338. The second kappa shape index (κ2) is 7.62. The third kappa shape index (κ3) is 5.98. The zero-order valence-corrected chi connectivity index (χ0v) is 13.7. The summed E-state index contributed by atoms with van der Waals surface area (Å²) in [5, 5.41) is 8.85. The van der Waals surface area contributed by atoms with E-state index in [0.717, 1.165) is 10.5 Å². The van der Waals surface area contributed by atoms with Gasteiger partial charge in [-0.3, -0.25) is 9.69 Å². The van der Waals surface area contributed by atoms with E-state index < -0.39 is 36.9 Å². The molecule has 1 aromatic rings. The van der Waals surface area contributed by atoms with Gasteiger partial charge in [-0.2, -0.15) is 0 Å². The first-order valence-electron chi connectivity index (χ1n) is 7.01. The highest BCUT2D eigenvalue weighted by atomic mass is 16.7. The number of hydrogen-bond donors (Lipinski definition) is 1. The van der Waals surface area contributed by atoms with E-state index >= 15 is 0 Å². The fourth-order valence-corrected chi connectivity index (χ4v) is 1.70. The summed E-state index contributed by atoms with van der Waals surface area (Å²) < 4.78 is 9.68. The second-order valence-electron chi connectivity index (χ2n) is 5.98. The number of benzene rings is 1. The Kier molecular flexibility index (Phi) is 6.12. The van der Waals surface area contributed by atoms with E-state index in [0.29, 0.717) is 5.56 Å². The lowest BCUT2D eigenvalue weighted by atomic mass is 10.1. The second-order valence-corrected chi connectivity index (χ2v) is 5.98. The van der Waals surface area contributed by atoms with E-state index in [9.17, 15) is 14.4 Å². The fraction of sp³-hybridized carbons (Fsp3) is 0.438. The number of aryl methyl sites for hydroxylation is 1. The zero-order chi connectivity index (χ0) is 17.6. The van der Waals surface area contributed by atoms with Crippen LogP contribution in [-0.2, 0) is 14.3 Å². The van der Waals surface area contributed by atoms with Crippen molar-refractivity contribution in [3.05, 3.63) is 35.4 Å². The van der Waals surface area contributed by atoms with E-state index in [2.05, 4.69) is 0 Å². The van der Waals surface area contributed by atoms with Crippen LogP contribution in [0.15, 0.2) is 24.3 Å². The highest BCUT2D eigenvalue weighted by molar-refractivity contribution is 5.89. The normalized spacial score (nSPS) is 10.8. The average Bonchev–Trinajstić information content (AvgIpc) is 2.43. The van der Waals surface area contributed by atoms with E-state index in [1.54, 1.807) is 45.0 Å². The number of hydrogen-bond acceptors (Lipinski definition) is 5. The maximum absolute atomic E-state index is 11.9. The standard InChI is InChI=1S/C16H21NO6/c1-11-5-7-12(8-6-11)14(20)22-10-23-15(21)17(9-13(18)19)16(2,3)4/h5-8H,9-10H2,1-4H3,(H,18,19). The SMILES string of the molecule is Cc1ccc(C(=O)OCOC(=O)N(CC(=O)O)C(C)(C)C)cc1. The number of esters is 1. The molecule has 0 spiro atoms. The van der Waals surface area contributed by atoms with Crippen LogP contribution in [-0.4, -0.2) is 46.9 Å². The summed E-state index contributed by atoms with van der Waals surface area (Å²) in [6.07, 6.45) is -0.864. The largest absolute Gasteiger partial charge is 0.480 e. The Morgan fingerprint density at radius 1 is 1.09 bits per heavy atom. The molecule has 0 aliphatic heterocycles. The Labute approximate surface area is 134 Å². The molecule has 0 aliphatic rings. The predicted molar refractivity (Wildman–Crippen MR) is 82.0 cm³/mol. The third-order valence-electron chi connectivity index (χ3n) is 2.98. The van der Waals surface area contributed by atoms with Gasteiger partial charge in [-0.15, -0.1) is 0 Å². The summed E-state index contributed by atoms with van der Waals surface area (Å²) in [6, 6.07) is 6.73. The summed E-state index contributed by atoms with van der Waals surface area (Å²) in [5.74, 6) is -1.79. The first-order chi connectivity index (χ1) is 10.6. The van der Waals surface area contributed by atoms with Gasteiger partial charge in [0.1, 0.15) is 6.54 Å². The Morgan fingerprint density at radius 2 is 1.65 bits per heavy atom. The number of carboxylic acid groups (broad SMARTS) is 1. The maximum atomic E-state index is 11.9. The lowest BCUT2D eigenvalue weighted by Gasteiger charge is -2.33. The molecule has 1 aromatic carbocycles. The van der Waals surface area contributed by atoms with Crippen LogP contribution in [0.1, 0.15) is 36.7 Å². The van der Waals surface area contributed by atoms with Crippen molar-refractivity contribution in [2.24, 2.45) is 0 Å². The molecule has 0 aliphatic carbocycles. The van der Waals surface area contributed by atoms with E-state index in [1.165, 1.54) is 0 Å². The van der Waals surface area contributed by atoms with Gasteiger partial charge in [0, 0.05) is 5.54 Å². The minimum atomic E-state index is -1.16. The zero-order valence-electron chi connectivity index (χ0n) is 13.7. The molecule has 23 heavy (non-hydrogen) atoms. The number of carbonyl (C=O) groups excluding carboxylic acids is 2. The lowest BCUT2D eigenvalue weighted by molar-refractivity contribution is -0.139. The third-order valence-corrected chi connectivity index (χ3v) is 2.98. The maximum Gasteiger partial charge on any atom is 0.413 e. The molecule has 1 amide bonds. The topological polar surface area (TPSA) is 93.1 Å². The highest BCUT2D eigenvalue weighted by Gasteiger charge is 2.29. The van der Waals surface area contributed by atoms with Crippen LogP contribution in [0.25, 0.3) is 0 Å². The van der Waals surface area contributed by atoms with Crippen molar-refractivity contribution < 1.29 is 29.0 Å². The molecule has 0 aromatic heterocycles. The summed E-state index contributed by atoms with van der Waals surface area (Å²) in [4.78, 5) is 35.6. The smallest absolute Gasteiger partial charge is 0.413 e. The molecule has 0 bridgehead atoms. The van der Waals surface area contributed by atoms with Gasteiger partial charge in [0.2, 0.25) is 6.79 Å². The molecule has 0 atom stereocenters. The van der Waals surface area contributed by atoms with Gasteiger partial charge in [0.15, 0.2) is 0 Å². The molecule has 0 saturated heterocycles. The first-order valence-corrected chi connectivity index (χ1v) is 7.01. The van der Waals surface area contributed by atoms with Crippen molar-refractivity contribution in [3.63, 3.8) is 0 Å². The quantitative estimate of drug-likeness (QED) is 0.661. The van der Waals surface area contributed by atoms with Crippen LogP contribution in [0.3, 0.4) is 0 Å². The van der Waals surface area contributed by atoms with Gasteiger partial charge in [0.05, 0.1) is 5.56 Å². The van der Waals surface area contributed by atoms with Crippen LogP contribution in [0.2, 0.25) is 0 Å². The monoisotopic (exact) mass is 323 g/mol. The van der Waals surface area contributed by atoms with E-state index in [-0.39, 0.29) is 0 Å². The van der Waals surface area contributed by atoms with Crippen LogP contribution in [0.4, 0.5) is 4.79 Å².